The number of hydrogen-bond donors (Lipinski definition) is 0. The van der Waals surface area contributed by atoms with E-state index in [0.29, 0.717) is 0 Å². The van der Waals surface area contributed by atoms with Crippen LogP contribution in [0.5, 0.6) is 0 Å². The van der Waals surface area contributed by atoms with Crippen LogP contribution < -0.4 is 0 Å². The highest BCUT2D eigenvalue weighted by Gasteiger charge is 2.21. The van der Waals surface area contributed by atoms with E-state index in [-0.39, 0.29) is 6.29 Å². The maximum Gasteiger partial charge on any atom is 0.181 e. The monoisotopic (exact) mass is 88.1 g/mol. The molecule has 0 aliphatic carbocycles. The number of ether oxygens (including phenoxy) is 2. The molecule has 2 nitrogen and oxygen atoms in total. The molecule has 1 heterocycles. The van der Waals surface area contributed by atoms with E-state index in [1.54, 1.807) is 0 Å². The highest BCUT2D eigenvalue weighted by Crippen LogP contribution is 2.08. The van der Waals surface area contributed by atoms with Gasteiger partial charge in [-0.2, -0.15) is 0 Å². The van der Waals surface area contributed by atoms with Gasteiger partial charge in [0, 0.05) is 6.61 Å². The maximum atomic E-state index is 4.93. The highest BCUT2D eigenvalue weighted by molar-refractivity contribution is 4.53. The second kappa shape index (κ2) is 1.58. The molecule has 0 aromatic heterocycles. The van der Waals surface area contributed by atoms with Gasteiger partial charge in [-0.25, -0.2) is 0 Å². The molecule has 0 unspecified atom stereocenters. The molecule has 1 atom stereocenters. The molecule has 1 aliphatic rings. The van der Waals surface area contributed by atoms with Gasteiger partial charge >= 0.3 is 0 Å². The van der Waals surface area contributed by atoms with Crippen LogP contribution in [0.1, 0.15) is 6.92 Å². The molecule has 0 aromatic rings. The van der Waals surface area contributed by atoms with Gasteiger partial charge in [-0.15, -0.1) is 0 Å². The third kappa shape index (κ3) is 0.954. The van der Waals surface area contributed by atoms with Crippen LogP contribution in [0.3, 0.4) is 0 Å². The summed E-state index contributed by atoms with van der Waals surface area (Å²) >= 11 is 0. The molecule has 0 radical (unpaired) electrons. The van der Waals surface area contributed by atoms with Crippen LogP contribution in [-0.2, 0) is 9.47 Å². The Labute approximate surface area is 37.1 Å². The van der Waals surface area contributed by atoms with Crippen molar-refractivity contribution < 1.29 is 9.47 Å². The van der Waals surface area contributed by atoms with Crippen molar-refractivity contribution in [2.75, 3.05) is 13.2 Å². The quantitative estimate of drug-likeness (QED) is 0.455. The molecule has 2 heteroatoms. The SMILES string of the molecule is CCO[C@@H]1CO1. The largest absolute Gasteiger partial charge is 0.351 e. The van der Waals surface area contributed by atoms with Crippen LogP contribution in [0.2, 0.25) is 0 Å². The second-order valence-corrected chi connectivity index (χ2v) is 1.22. The van der Waals surface area contributed by atoms with Crippen molar-refractivity contribution in [2.24, 2.45) is 0 Å². The van der Waals surface area contributed by atoms with Gasteiger partial charge in [0.15, 0.2) is 6.29 Å². The zero-order chi connectivity index (χ0) is 4.41. The fraction of sp³-hybridized carbons (Fsp3) is 1.00. The molecule has 1 saturated heterocycles. The molecular weight excluding hydrogens is 80.0 g/mol. The van der Waals surface area contributed by atoms with Crippen LogP contribution in [0, 0.1) is 0 Å². The van der Waals surface area contributed by atoms with E-state index in [0.717, 1.165) is 13.2 Å². The molecule has 0 bridgehead atoms. The van der Waals surface area contributed by atoms with Crippen molar-refractivity contribution >= 4 is 0 Å². The molecule has 1 rings (SSSR count). The predicted molar refractivity (Wildman–Crippen MR) is 21.4 cm³/mol. The van der Waals surface area contributed by atoms with E-state index in [2.05, 4.69) is 0 Å². The summed E-state index contributed by atoms with van der Waals surface area (Å²) in [5.41, 5.74) is 0. The van der Waals surface area contributed by atoms with Gasteiger partial charge in [-0.3, -0.25) is 0 Å². The van der Waals surface area contributed by atoms with Gasteiger partial charge in [0.25, 0.3) is 0 Å². The standard InChI is InChI=1S/C4H8O2/c1-2-5-4-3-6-4/h4H,2-3H2,1H3/t4-/m0/s1. The van der Waals surface area contributed by atoms with Gasteiger partial charge in [0.2, 0.25) is 0 Å². The smallest absolute Gasteiger partial charge is 0.181 e. The van der Waals surface area contributed by atoms with Gasteiger partial charge < -0.3 is 9.47 Å². The molecule has 1 fully saturated rings. The Balaban J connectivity index is 1.88. The highest BCUT2D eigenvalue weighted by atomic mass is 16.8. The van der Waals surface area contributed by atoms with Crippen molar-refractivity contribution in [3.8, 4) is 0 Å². The molecular formula is C4H8O2. The predicted octanol–water partition coefficient (Wildman–Crippen LogP) is 0.379. The Morgan fingerprint density at radius 3 is 2.83 bits per heavy atom. The summed E-state index contributed by atoms with van der Waals surface area (Å²) in [5, 5.41) is 0. The van der Waals surface area contributed by atoms with Crippen molar-refractivity contribution in [1.29, 1.82) is 0 Å². The average molecular weight is 88.1 g/mol. The summed E-state index contributed by atoms with van der Waals surface area (Å²) in [4.78, 5) is 0. The third-order valence-corrected chi connectivity index (χ3v) is 0.655. The number of hydrogen-bond acceptors (Lipinski definition) is 2. The van der Waals surface area contributed by atoms with Gasteiger partial charge in [-0.1, -0.05) is 0 Å². The lowest BCUT2D eigenvalue weighted by Gasteiger charge is -1.86. The molecule has 0 N–H and O–H groups in total. The lowest BCUT2D eigenvalue weighted by Crippen LogP contribution is -1.91. The molecule has 0 amide bonds. The number of epoxide rings is 1. The van der Waals surface area contributed by atoms with E-state index >= 15 is 0 Å². The fourth-order valence-corrected chi connectivity index (χ4v) is 0.321. The Hall–Kier alpha value is -0.0800. The average Bonchev–Trinajstić information content (AvgIpc) is 2.21. The van der Waals surface area contributed by atoms with Crippen molar-refractivity contribution in [1.82, 2.24) is 0 Å². The Morgan fingerprint density at radius 1 is 2.00 bits per heavy atom. The summed E-state index contributed by atoms with van der Waals surface area (Å²) in [6, 6.07) is 0. The summed E-state index contributed by atoms with van der Waals surface area (Å²) in [5.74, 6) is 0. The second-order valence-electron chi connectivity index (χ2n) is 1.22. The summed E-state index contributed by atoms with van der Waals surface area (Å²) < 4.78 is 9.66. The van der Waals surface area contributed by atoms with Crippen molar-refractivity contribution in [3.63, 3.8) is 0 Å². The molecule has 0 aromatic carbocycles. The molecule has 36 valence electrons. The minimum Gasteiger partial charge on any atom is -0.351 e. The van der Waals surface area contributed by atoms with E-state index in [9.17, 15) is 0 Å². The molecule has 1 aliphatic heterocycles. The van der Waals surface area contributed by atoms with E-state index in [1.165, 1.54) is 0 Å². The third-order valence-electron chi connectivity index (χ3n) is 0.655. The topological polar surface area (TPSA) is 21.8 Å². The Kier molecular flexibility index (Phi) is 1.08. The summed E-state index contributed by atoms with van der Waals surface area (Å²) in [6.07, 6.45) is 0.148. The summed E-state index contributed by atoms with van der Waals surface area (Å²) in [6.45, 7) is 3.53. The lowest BCUT2D eigenvalue weighted by atomic mass is 10.8. The zero-order valence-corrected chi connectivity index (χ0v) is 3.81. The van der Waals surface area contributed by atoms with E-state index in [4.69, 9.17) is 9.47 Å². The molecule has 6 heavy (non-hydrogen) atoms. The molecule has 0 saturated carbocycles. The molecule has 0 spiro atoms. The Morgan fingerprint density at radius 2 is 2.67 bits per heavy atom. The minimum absolute atomic E-state index is 0.148. The van der Waals surface area contributed by atoms with Gasteiger partial charge in [0.1, 0.15) is 6.61 Å². The fourth-order valence-electron chi connectivity index (χ4n) is 0.321. The first-order chi connectivity index (χ1) is 2.93. The van der Waals surface area contributed by atoms with E-state index in [1.807, 2.05) is 6.92 Å². The minimum atomic E-state index is 0.148. The maximum absolute atomic E-state index is 4.93. The number of rotatable bonds is 2. The van der Waals surface area contributed by atoms with Crippen molar-refractivity contribution in [2.45, 2.75) is 13.2 Å². The van der Waals surface area contributed by atoms with Crippen LogP contribution >= 0.6 is 0 Å². The van der Waals surface area contributed by atoms with Crippen LogP contribution in [0.4, 0.5) is 0 Å². The Bertz CT molecular complexity index is 40.8. The first-order valence-corrected chi connectivity index (χ1v) is 2.16. The van der Waals surface area contributed by atoms with E-state index < -0.39 is 0 Å². The van der Waals surface area contributed by atoms with Crippen LogP contribution in [0.25, 0.3) is 0 Å². The normalized spacial score (nSPS) is 30.5. The lowest BCUT2D eigenvalue weighted by molar-refractivity contribution is 0.0593. The zero-order valence-electron chi connectivity index (χ0n) is 3.81. The van der Waals surface area contributed by atoms with Gasteiger partial charge in [-0.05, 0) is 6.92 Å². The van der Waals surface area contributed by atoms with Gasteiger partial charge in [0.05, 0.1) is 0 Å². The first-order valence-electron chi connectivity index (χ1n) is 2.16. The van der Waals surface area contributed by atoms with Crippen LogP contribution in [-0.4, -0.2) is 19.5 Å². The van der Waals surface area contributed by atoms with Crippen LogP contribution in [0.15, 0.2) is 0 Å². The first kappa shape index (κ1) is 4.09. The summed E-state index contributed by atoms with van der Waals surface area (Å²) in [7, 11) is 0. The van der Waals surface area contributed by atoms with Crippen molar-refractivity contribution in [3.05, 3.63) is 0 Å².